The number of anilines is 3. The summed E-state index contributed by atoms with van der Waals surface area (Å²) in [5.41, 5.74) is 30.3. The van der Waals surface area contributed by atoms with Crippen LogP contribution in [0.1, 0.15) is 22.3 Å². The maximum atomic E-state index is 2.59. The van der Waals surface area contributed by atoms with E-state index < -0.39 is 5.41 Å². The topological polar surface area (TPSA) is 8.17 Å². The number of hydrogen-bond donors (Lipinski definition) is 0. The molecule has 2 nitrogen and oxygen atoms in total. The summed E-state index contributed by atoms with van der Waals surface area (Å²) >= 11 is 0. The van der Waals surface area contributed by atoms with Gasteiger partial charge in [0.05, 0.1) is 22.1 Å². The lowest BCUT2D eigenvalue weighted by Gasteiger charge is -2.34. The highest BCUT2D eigenvalue weighted by Crippen LogP contribution is 2.63. The van der Waals surface area contributed by atoms with Crippen molar-refractivity contribution < 1.29 is 0 Å². The summed E-state index contributed by atoms with van der Waals surface area (Å²) in [5, 5.41) is 4.96. The van der Waals surface area contributed by atoms with Crippen LogP contribution in [0.3, 0.4) is 0 Å². The van der Waals surface area contributed by atoms with Gasteiger partial charge in [-0.05, 0) is 178 Å². The van der Waals surface area contributed by atoms with E-state index >= 15 is 0 Å². The van der Waals surface area contributed by atoms with E-state index in [1.807, 2.05) is 0 Å². The van der Waals surface area contributed by atoms with Gasteiger partial charge in [-0.2, -0.15) is 0 Å². The molecule has 2 heteroatoms. The second-order valence-corrected chi connectivity index (χ2v) is 24.3. The Bertz CT molecular complexity index is 5350. The number of para-hydroxylation sites is 1. The van der Waals surface area contributed by atoms with Gasteiger partial charge in [-0.1, -0.05) is 285 Å². The normalized spacial score (nSPS) is 12.5. The lowest BCUT2D eigenvalue weighted by molar-refractivity contribution is 0.769. The van der Waals surface area contributed by atoms with Crippen LogP contribution in [0.15, 0.2) is 352 Å². The van der Waals surface area contributed by atoms with Crippen LogP contribution in [0.4, 0.5) is 17.1 Å². The molecular formula is C89H58N2. The van der Waals surface area contributed by atoms with Crippen LogP contribution < -0.4 is 4.90 Å². The van der Waals surface area contributed by atoms with Gasteiger partial charge in [-0.25, -0.2) is 0 Å². The molecule has 0 bridgehead atoms. The number of fused-ring (bicyclic) bond motifs is 7. The van der Waals surface area contributed by atoms with Crippen LogP contribution >= 0.6 is 0 Å². The predicted molar refractivity (Wildman–Crippen MR) is 382 cm³/mol. The van der Waals surface area contributed by atoms with Crippen molar-refractivity contribution in [3.05, 3.63) is 374 Å². The van der Waals surface area contributed by atoms with Crippen molar-refractivity contribution in [2.45, 2.75) is 5.41 Å². The summed E-state index contributed by atoms with van der Waals surface area (Å²) in [5.74, 6) is 0. The lowest BCUT2D eigenvalue weighted by Crippen LogP contribution is -2.28. The van der Waals surface area contributed by atoms with Crippen molar-refractivity contribution in [3.63, 3.8) is 0 Å². The van der Waals surface area contributed by atoms with Crippen molar-refractivity contribution in [1.82, 2.24) is 4.57 Å². The fraction of sp³-hybridized carbons (Fsp3) is 0.0112. The summed E-state index contributed by atoms with van der Waals surface area (Å²) in [4.78, 5) is 2.46. The highest BCUT2D eigenvalue weighted by atomic mass is 15.1. The Morgan fingerprint density at radius 2 is 0.692 bits per heavy atom. The number of rotatable bonds is 11. The van der Waals surface area contributed by atoms with Gasteiger partial charge in [0.25, 0.3) is 0 Å². The van der Waals surface area contributed by atoms with E-state index in [0.29, 0.717) is 0 Å². The van der Waals surface area contributed by atoms with E-state index in [1.165, 1.54) is 122 Å². The Balaban J connectivity index is 0.846. The molecule has 0 saturated heterocycles. The number of hydrogen-bond acceptors (Lipinski definition) is 1. The summed E-state index contributed by atoms with van der Waals surface area (Å²) in [6, 6.07) is 131. The van der Waals surface area contributed by atoms with Gasteiger partial charge in [-0.15, -0.1) is 0 Å². The van der Waals surface area contributed by atoms with Crippen LogP contribution in [0.5, 0.6) is 0 Å². The molecule has 1 aromatic heterocycles. The van der Waals surface area contributed by atoms with Crippen LogP contribution in [0, 0.1) is 0 Å². The molecule has 0 fully saturated rings. The van der Waals surface area contributed by atoms with Gasteiger partial charge >= 0.3 is 0 Å². The second-order valence-electron chi connectivity index (χ2n) is 24.3. The quantitative estimate of drug-likeness (QED) is 0.125. The minimum absolute atomic E-state index is 0.655. The molecule has 0 spiro atoms. The first-order chi connectivity index (χ1) is 45.1. The molecule has 424 valence electrons. The van der Waals surface area contributed by atoms with Gasteiger partial charge in [0.15, 0.2) is 0 Å². The molecule has 2 aliphatic rings. The van der Waals surface area contributed by atoms with Crippen LogP contribution in [-0.4, -0.2) is 4.57 Å². The first-order valence-electron chi connectivity index (χ1n) is 31.5. The Morgan fingerprint density at radius 1 is 0.242 bits per heavy atom. The zero-order chi connectivity index (χ0) is 60.0. The maximum Gasteiger partial charge on any atom is 0.0714 e. The largest absolute Gasteiger partial charge is 0.310 e. The molecule has 1 aliphatic carbocycles. The molecule has 1 aliphatic heterocycles. The third-order valence-electron chi connectivity index (χ3n) is 19.4. The van der Waals surface area contributed by atoms with Crippen LogP contribution in [0.25, 0.3) is 127 Å². The Morgan fingerprint density at radius 3 is 1.30 bits per heavy atom. The van der Waals surface area contributed by atoms with Crippen LogP contribution in [-0.2, 0) is 5.41 Å². The zero-order valence-corrected chi connectivity index (χ0v) is 49.9. The molecule has 0 amide bonds. The van der Waals surface area contributed by atoms with Crippen molar-refractivity contribution in [3.8, 4) is 94.7 Å². The molecule has 0 saturated carbocycles. The highest BCUT2D eigenvalue weighted by molar-refractivity contribution is 6.19. The first kappa shape index (κ1) is 52.3. The molecule has 0 N–H and O–H groups in total. The summed E-state index contributed by atoms with van der Waals surface area (Å²) in [6.45, 7) is 0. The standard InChI is InChI=1S/C89H58N2/c1-5-20-59(21-6-1)64-40-45-73(46-41-64)89(74-47-42-65(43-48-74)60-22-7-2-8-23-60)82-36-19-35-79-81-58-70(44-51-85(81)91-84-37-16-15-34-78(84)80-49-50-83(89)87(86(79)82)88(80)91)68-31-18-33-76(55-68)90(75-32-17-30-67(54-75)69-39-38-63-28-13-14-29-66(63)52-69)77-56-71(61-24-9-3-10-25-61)53-72(57-77)62-26-11-4-12-27-62/h1-58H. The summed E-state index contributed by atoms with van der Waals surface area (Å²) < 4.78 is 2.59. The third kappa shape index (κ3) is 8.48. The van der Waals surface area contributed by atoms with E-state index in [-0.39, 0.29) is 0 Å². The van der Waals surface area contributed by atoms with Crippen molar-refractivity contribution >= 4 is 49.6 Å². The van der Waals surface area contributed by atoms with E-state index in [4.69, 9.17) is 0 Å². The fourth-order valence-corrected chi connectivity index (χ4v) is 15.2. The average Bonchev–Trinajstić information content (AvgIpc) is 1.51. The molecule has 0 radical (unpaired) electrons. The number of benzene rings is 15. The van der Waals surface area contributed by atoms with Gasteiger partial charge in [0.2, 0.25) is 0 Å². The second kappa shape index (κ2) is 21.2. The molecule has 16 aromatic rings. The molecule has 2 heterocycles. The van der Waals surface area contributed by atoms with Crippen LogP contribution in [0.2, 0.25) is 0 Å². The molecule has 0 atom stereocenters. The Kier molecular flexibility index (Phi) is 12.2. The summed E-state index contributed by atoms with van der Waals surface area (Å²) in [6.07, 6.45) is 0. The number of nitrogens with zero attached hydrogens (tertiary/aromatic N) is 2. The van der Waals surface area contributed by atoms with Gasteiger partial charge in [0.1, 0.15) is 0 Å². The van der Waals surface area contributed by atoms with E-state index in [0.717, 1.165) is 44.9 Å². The predicted octanol–water partition coefficient (Wildman–Crippen LogP) is 23.8. The average molecular weight is 1160 g/mol. The van der Waals surface area contributed by atoms with E-state index in [9.17, 15) is 0 Å². The monoisotopic (exact) mass is 1150 g/mol. The van der Waals surface area contributed by atoms with Crippen molar-refractivity contribution in [2.24, 2.45) is 0 Å². The molecular weight excluding hydrogens is 1100 g/mol. The minimum Gasteiger partial charge on any atom is -0.310 e. The molecule has 91 heavy (non-hydrogen) atoms. The summed E-state index contributed by atoms with van der Waals surface area (Å²) in [7, 11) is 0. The number of aromatic nitrogens is 1. The Labute approximate surface area is 530 Å². The third-order valence-corrected chi connectivity index (χ3v) is 19.4. The maximum absolute atomic E-state index is 2.59. The van der Waals surface area contributed by atoms with Gasteiger partial charge in [-0.3, -0.25) is 0 Å². The van der Waals surface area contributed by atoms with Gasteiger partial charge < -0.3 is 9.47 Å². The Hall–Kier alpha value is -11.8. The van der Waals surface area contributed by atoms with Crippen molar-refractivity contribution in [2.75, 3.05) is 4.90 Å². The lowest BCUT2D eigenvalue weighted by atomic mass is 9.67. The highest BCUT2D eigenvalue weighted by Gasteiger charge is 2.49. The van der Waals surface area contributed by atoms with E-state index in [1.54, 1.807) is 0 Å². The molecule has 0 unspecified atom stereocenters. The smallest absolute Gasteiger partial charge is 0.0714 e. The zero-order valence-electron chi connectivity index (χ0n) is 49.9. The van der Waals surface area contributed by atoms with Gasteiger partial charge in [0, 0.05) is 39.0 Å². The molecule has 18 rings (SSSR count). The van der Waals surface area contributed by atoms with Crippen molar-refractivity contribution in [1.29, 1.82) is 0 Å². The fourth-order valence-electron chi connectivity index (χ4n) is 15.2. The van der Waals surface area contributed by atoms with E-state index in [2.05, 4.69) is 361 Å². The first-order valence-corrected chi connectivity index (χ1v) is 31.5. The molecule has 15 aromatic carbocycles. The SMILES string of the molecule is c1ccc(-c2ccc(C3(c4ccc(-c5ccccc5)cc4)c4cccc5c4-c4c3ccc3c6ccccc6n(c43)-c3ccc(-c4cccc(N(c6cccc(-c7ccc8ccccc8c7)c6)c6cc(-c7ccccc7)cc(-c7ccccc7)c6)c4)cc3-5)cc2)cc1. The minimum atomic E-state index is -0.655.